The third-order valence-electron chi connectivity index (χ3n) is 2.65. The number of rotatable bonds is 4. The number of nitrogens with one attached hydrogen (secondary N) is 1. The molecule has 6 heteroatoms. The van der Waals surface area contributed by atoms with Crippen LogP contribution < -0.4 is 10.1 Å². The van der Waals surface area contributed by atoms with Gasteiger partial charge in [-0.25, -0.2) is 8.78 Å². The summed E-state index contributed by atoms with van der Waals surface area (Å²) in [6.07, 6.45) is 0. The van der Waals surface area contributed by atoms with E-state index in [2.05, 4.69) is 21.2 Å². The third kappa shape index (κ3) is 4.26. The molecule has 0 spiro atoms. The molecule has 0 bridgehead atoms. The molecule has 3 nitrogen and oxygen atoms in total. The van der Waals surface area contributed by atoms with Gasteiger partial charge in [0.15, 0.2) is 18.2 Å². The summed E-state index contributed by atoms with van der Waals surface area (Å²) in [6.45, 7) is 1.56. The maximum absolute atomic E-state index is 13.3. The highest BCUT2D eigenvalue weighted by atomic mass is 79.9. The van der Waals surface area contributed by atoms with Gasteiger partial charge in [0.05, 0.1) is 5.69 Å². The lowest BCUT2D eigenvalue weighted by Crippen LogP contribution is -2.20. The number of amides is 1. The molecule has 0 saturated carbocycles. The SMILES string of the molecule is Cc1ccc(NC(=O)COc2ccc(F)cc2F)c(Br)c1. The van der Waals surface area contributed by atoms with E-state index < -0.39 is 17.5 Å². The first-order valence-electron chi connectivity index (χ1n) is 6.09. The number of hydrogen-bond donors (Lipinski definition) is 1. The van der Waals surface area contributed by atoms with E-state index in [4.69, 9.17) is 4.74 Å². The van der Waals surface area contributed by atoms with Crippen molar-refractivity contribution >= 4 is 27.5 Å². The number of carbonyl (C=O) groups excluding carboxylic acids is 1. The first kappa shape index (κ1) is 15.4. The molecular formula is C15H12BrF2NO2. The monoisotopic (exact) mass is 355 g/mol. The fourth-order valence-corrected chi connectivity index (χ4v) is 2.24. The van der Waals surface area contributed by atoms with E-state index in [0.717, 1.165) is 22.2 Å². The van der Waals surface area contributed by atoms with E-state index in [1.807, 2.05) is 19.1 Å². The van der Waals surface area contributed by atoms with E-state index in [9.17, 15) is 13.6 Å². The standard InChI is InChI=1S/C15H12BrF2NO2/c1-9-2-4-13(11(16)6-9)19-15(20)8-21-14-5-3-10(17)7-12(14)18/h2-7H,8H2,1H3,(H,19,20). The maximum atomic E-state index is 13.3. The second-order valence-electron chi connectivity index (χ2n) is 4.39. The molecule has 0 aliphatic carbocycles. The van der Waals surface area contributed by atoms with Crippen molar-refractivity contribution in [3.63, 3.8) is 0 Å². The minimum atomic E-state index is -0.848. The molecule has 110 valence electrons. The maximum Gasteiger partial charge on any atom is 0.262 e. The number of hydrogen-bond acceptors (Lipinski definition) is 2. The number of aryl methyl sites for hydroxylation is 1. The molecule has 21 heavy (non-hydrogen) atoms. The van der Waals surface area contributed by atoms with E-state index in [1.165, 1.54) is 0 Å². The number of ether oxygens (including phenoxy) is 1. The molecule has 2 aromatic carbocycles. The summed E-state index contributed by atoms with van der Waals surface area (Å²) in [6, 6.07) is 8.35. The molecule has 0 atom stereocenters. The van der Waals surface area contributed by atoms with Gasteiger partial charge in [-0.05, 0) is 52.7 Å². The van der Waals surface area contributed by atoms with Crippen molar-refractivity contribution in [3.8, 4) is 5.75 Å². The fraction of sp³-hybridized carbons (Fsp3) is 0.133. The van der Waals surface area contributed by atoms with Crippen molar-refractivity contribution in [1.29, 1.82) is 0 Å². The normalized spacial score (nSPS) is 10.3. The predicted molar refractivity (Wildman–Crippen MR) is 79.4 cm³/mol. The van der Waals surface area contributed by atoms with Crippen LogP contribution in [-0.2, 0) is 4.79 Å². The smallest absolute Gasteiger partial charge is 0.262 e. The Morgan fingerprint density at radius 1 is 1.24 bits per heavy atom. The van der Waals surface area contributed by atoms with Gasteiger partial charge in [0.25, 0.3) is 5.91 Å². The molecular weight excluding hydrogens is 344 g/mol. The molecule has 0 aliphatic heterocycles. The van der Waals surface area contributed by atoms with Crippen molar-refractivity contribution < 1.29 is 18.3 Å². The largest absolute Gasteiger partial charge is 0.481 e. The molecule has 1 amide bonds. The van der Waals surface area contributed by atoms with Crippen LogP contribution in [0.15, 0.2) is 40.9 Å². The van der Waals surface area contributed by atoms with Crippen LogP contribution in [-0.4, -0.2) is 12.5 Å². The Labute approximate surface area is 129 Å². The summed E-state index contributed by atoms with van der Waals surface area (Å²) in [5, 5.41) is 2.63. The summed E-state index contributed by atoms with van der Waals surface area (Å²) in [5.41, 5.74) is 1.64. The first-order chi connectivity index (χ1) is 9.95. The van der Waals surface area contributed by atoms with Crippen molar-refractivity contribution in [2.75, 3.05) is 11.9 Å². The summed E-state index contributed by atoms with van der Waals surface area (Å²) in [5.74, 6) is -2.16. The molecule has 0 heterocycles. The van der Waals surface area contributed by atoms with Crippen LogP contribution in [0, 0.1) is 18.6 Å². The van der Waals surface area contributed by atoms with Gasteiger partial charge in [-0.1, -0.05) is 6.07 Å². The molecule has 0 fully saturated rings. The van der Waals surface area contributed by atoms with Crippen molar-refractivity contribution in [3.05, 3.63) is 58.1 Å². The Bertz CT molecular complexity index is 677. The Kier molecular flexibility index (Phi) is 4.90. The summed E-state index contributed by atoms with van der Waals surface area (Å²) < 4.78 is 31.8. The minimum Gasteiger partial charge on any atom is -0.481 e. The number of anilines is 1. The van der Waals surface area contributed by atoms with Gasteiger partial charge in [-0.3, -0.25) is 4.79 Å². The average Bonchev–Trinajstić information content (AvgIpc) is 2.41. The van der Waals surface area contributed by atoms with Gasteiger partial charge >= 0.3 is 0 Å². The topological polar surface area (TPSA) is 38.3 Å². The summed E-state index contributed by atoms with van der Waals surface area (Å²) >= 11 is 3.33. The zero-order valence-corrected chi connectivity index (χ0v) is 12.7. The quantitative estimate of drug-likeness (QED) is 0.898. The second kappa shape index (κ2) is 6.67. The van der Waals surface area contributed by atoms with Crippen LogP contribution >= 0.6 is 15.9 Å². The van der Waals surface area contributed by atoms with Crippen LogP contribution in [0.2, 0.25) is 0 Å². The van der Waals surface area contributed by atoms with E-state index in [1.54, 1.807) is 6.07 Å². The Morgan fingerprint density at radius 3 is 2.67 bits per heavy atom. The highest BCUT2D eigenvalue weighted by Gasteiger charge is 2.09. The van der Waals surface area contributed by atoms with E-state index in [0.29, 0.717) is 11.8 Å². The average molecular weight is 356 g/mol. The van der Waals surface area contributed by atoms with Crippen molar-refractivity contribution in [2.24, 2.45) is 0 Å². The number of halogens is 3. The Hall–Kier alpha value is -1.95. The second-order valence-corrected chi connectivity index (χ2v) is 5.25. The van der Waals surface area contributed by atoms with Gasteiger partial charge in [-0.15, -0.1) is 0 Å². The van der Waals surface area contributed by atoms with Gasteiger partial charge in [0, 0.05) is 10.5 Å². The third-order valence-corrected chi connectivity index (χ3v) is 3.31. The molecule has 0 unspecified atom stereocenters. The van der Waals surface area contributed by atoms with Crippen LogP contribution in [0.25, 0.3) is 0 Å². The fourth-order valence-electron chi connectivity index (χ4n) is 1.64. The summed E-state index contributed by atoms with van der Waals surface area (Å²) in [7, 11) is 0. The van der Waals surface area contributed by atoms with Crippen LogP contribution in [0.4, 0.5) is 14.5 Å². The number of carbonyl (C=O) groups is 1. The predicted octanol–water partition coefficient (Wildman–Crippen LogP) is 4.05. The van der Waals surface area contributed by atoms with Gasteiger partial charge in [0.2, 0.25) is 0 Å². The molecule has 1 N–H and O–H groups in total. The highest BCUT2D eigenvalue weighted by molar-refractivity contribution is 9.10. The Morgan fingerprint density at radius 2 is 2.00 bits per heavy atom. The van der Waals surface area contributed by atoms with Crippen LogP contribution in [0.5, 0.6) is 5.75 Å². The molecule has 0 saturated heterocycles. The van der Waals surface area contributed by atoms with Crippen molar-refractivity contribution in [1.82, 2.24) is 0 Å². The van der Waals surface area contributed by atoms with E-state index >= 15 is 0 Å². The highest BCUT2D eigenvalue weighted by Crippen LogP contribution is 2.23. The van der Waals surface area contributed by atoms with E-state index in [-0.39, 0.29) is 12.4 Å². The van der Waals surface area contributed by atoms with Crippen molar-refractivity contribution in [2.45, 2.75) is 6.92 Å². The zero-order chi connectivity index (χ0) is 15.4. The summed E-state index contributed by atoms with van der Waals surface area (Å²) in [4.78, 5) is 11.7. The lowest BCUT2D eigenvalue weighted by atomic mass is 10.2. The lowest BCUT2D eigenvalue weighted by molar-refractivity contribution is -0.118. The molecule has 0 aromatic heterocycles. The molecule has 0 aliphatic rings. The molecule has 2 rings (SSSR count). The molecule has 0 radical (unpaired) electrons. The lowest BCUT2D eigenvalue weighted by Gasteiger charge is -2.10. The zero-order valence-electron chi connectivity index (χ0n) is 11.1. The van der Waals surface area contributed by atoms with Crippen LogP contribution in [0.3, 0.4) is 0 Å². The molecule has 2 aromatic rings. The van der Waals surface area contributed by atoms with Gasteiger partial charge in [0.1, 0.15) is 5.82 Å². The number of benzene rings is 2. The minimum absolute atomic E-state index is 0.172. The first-order valence-corrected chi connectivity index (χ1v) is 6.89. The Balaban J connectivity index is 1.96. The van der Waals surface area contributed by atoms with Gasteiger partial charge in [-0.2, -0.15) is 0 Å². The van der Waals surface area contributed by atoms with Crippen LogP contribution in [0.1, 0.15) is 5.56 Å². The van der Waals surface area contributed by atoms with Gasteiger partial charge < -0.3 is 10.1 Å².